The number of esters is 2. The Labute approximate surface area is 124 Å². The Morgan fingerprint density at radius 2 is 1.76 bits per heavy atom. The number of aryl methyl sites for hydroxylation is 1. The molecule has 1 rings (SSSR count). The van der Waals surface area contributed by atoms with Gasteiger partial charge in [0.05, 0.1) is 14.2 Å². The maximum absolute atomic E-state index is 11.2. The second-order valence-electron chi connectivity index (χ2n) is 4.41. The average molecular weight is 292 g/mol. The molecule has 0 amide bonds. The third kappa shape index (κ3) is 6.12. The molecule has 0 unspecified atom stereocenters. The van der Waals surface area contributed by atoms with Crippen LogP contribution < -0.4 is 4.74 Å². The summed E-state index contributed by atoms with van der Waals surface area (Å²) >= 11 is 0. The number of hydrogen-bond donors (Lipinski definition) is 0. The normalized spacial score (nSPS) is 10.9. The van der Waals surface area contributed by atoms with Crippen molar-refractivity contribution in [1.82, 2.24) is 0 Å². The molecule has 21 heavy (non-hydrogen) atoms. The molecule has 0 aliphatic rings. The summed E-state index contributed by atoms with van der Waals surface area (Å²) in [6.07, 6.45) is 2.66. The molecular formula is C16H20O5. The van der Waals surface area contributed by atoms with E-state index in [9.17, 15) is 9.59 Å². The molecule has 0 saturated carbocycles. The maximum atomic E-state index is 11.2. The van der Waals surface area contributed by atoms with Gasteiger partial charge in [-0.2, -0.15) is 0 Å². The lowest BCUT2D eigenvalue weighted by Gasteiger charge is -2.06. The number of methoxy groups -OCH3 is 2. The zero-order chi connectivity index (χ0) is 15.7. The Morgan fingerprint density at radius 1 is 1.10 bits per heavy atom. The molecule has 0 atom stereocenters. The van der Waals surface area contributed by atoms with E-state index in [1.54, 1.807) is 13.0 Å². The summed E-state index contributed by atoms with van der Waals surface area (Å²) in [6, 6.07) is 7.45. The van der Waals surface area contributed by atoms with Crippen LogP contribution in [0.3, 0.4) is 0 Å². The molecule has 1 aromatic carbocycles. The van der Waals surface area contributed by atoms with E-state index in [2.05, 4.69) is 9.47 Å². The molecule has 1 aromatic rings. The molecule has 0 N–H and O–H groups in total. The van der Waals surface area contributed by atoms with Gasteiger partial charge in [-0.1, -0.05) is 12.1 Å². The van der Waals surface area contributed by atoms with Crippen LogP contribution in [0.2, 0.25) is 0 Å². The second kappa shape index (κ2) is 8.79. The smallest absolute Gasteiger partial charge is 0.333 e. The van der Waals surface area contributed by atoms with Gasteiger partial charge in [-0.15, -0.1) is 0 Å². The third-order valence-corrected chi connectivity index (χ3v) is 2.92. The minimum absolute atomic E-state index is 0.223. The Bertz CT molecular complexity index is 502. The van der Waals surface area contributed by atoms with Gasteiger partial charge in [-0.05, 0) is 37.1 Å². The minimum atomic E-state index is -0.364. The monoisotopic (exact) mass is 292 g/mol. The van der Waals surface area contributed by atoms with Gasteiger partial charge in [0.25, 0.3) is 0 Å². The van der Waals surface area contributed by atoms with Crippen molar-refractivity contribution in [2.24, 2.45) is 0 Å². The first kappa shape index (κ1) is 16.8. The first-order chi connectivity index (χ1) is 10.1. The third-order valence-electron chi connectivity index (χ3n) is 2.92. The number of ether oxygens (including phenoxy) is 3. The van der Waals surface area contributed by atoms with Crippen LogP contribution in [-0.2, 0) is 25.5 Å². The number of carbonyl (C=O) groups is 2. The predicted octanol–water partition coefficient (Wildman–Crippen LogP) is 2.29. The lowest BCUT2D eigenvalue weighted by molar-refractivity contribution is -0.140. The van der Waals surface area contributed by atoms with Crippen molar-refractivity contribution in [3.8, 4) is 5.75 Å². The van der Waals surface area contributed by atoms with Gasteiger partial charge in [-0.25, -0.2) is 4.79 Å². The fourth-order valence-corrected chi connectivity index (χ4v) is 1.61. The van der Waals surface area contributed by atoms with Crippen molar-refractivity contribution >= 4 is 11.9 Å². The molecule has 0 fully saturated rings. The van der Waals surface area contributed by atoms with E-state index >= 15 is 0 Å². The number of benzene rings is 1. The summed E-state index contributed by atoms with van der Waals surface area (Å²) in [6.45, 7) is 1.97. The Balaban J connectivity index is 2.44. The number of carbonyl (C=O) groups excluding carboxylic acids is 2. The lowest BCUT2D eigenvalue weighted by atomic mass is 10.1. The molecule has 0 saturated heterocycles. The average Bonchev–Trinajstić information content (AvgIpc) is 2.52. The lowest BCUT2D eigenvalue weighted by Crippen LogP contribution is -2.04. The van der Waals surface area contributed by atoms with Crippen molar-refractivity contribution in [3.63, 3.8) is 0 Å². The van der Waals surface area contributed by atoms with E-state index in [1.807, 2.05) is 24.3 Å². The van der Waals surface area contributed by atoms with E-state index < -0.39 is 0 Å². The Morgan fingerprint density at radius 3 is 2.33 bits per heavy atom. The molecule has 5 nitrogen and oxygen atoms in total. The van der Waals surface area contributed by atoms with E-state index in [0.717, 1.165) is 5.56 Å². The van der Waals surface area contributed by atoms with Gasteiger partial charge >= 0.3 is 11.9 Å². The minimum Gasteiger partial charge on any atom is -0.490 e. The fraction of sp³-hybridized carbons (Fsp3) is 0.375. The molecule has 0 aromatic heterocycles. The van der Waals surface area contributed by atoms with Gasteiger partial charge in [-0.3, -0.25) is 4.79 Å². The van der Waals surface area contributed by atoms with Crippen LogP contribution in [0.1, 0.15) is 18.9 Å². The summed E-state index contributed by atoms with van der Waals surface area (Å²) in [5.41, 5.74) is 1.54. The van der Waals surface area contributed by atoms with Crippen LogP contribution in [0.15, 0.2) is 35.9 Å². The molecule has 114 valence electrons. The molecule has 0 heterocycles. The van der Waals surface area contributed by atoms with Crippen LogP contribution in [0.25, 0.3) is 0 Å². The Kier molecular flexibility index (Phi) is 7.01. The molecule has 0 bridgehead atoms. The van der Waals surface area contributed by atoms with Crippen LogP contribution in [0.5, 0.6) is 5.75 Å². The second-order valence-corrected chi connectivity index (χ2v) is 4.41. The van der Waals surface area contributed by atoms with Gasteiger partial charge in [0, 0.05) is 12.0 Å². The molecule has 0 aliphatic carbocycles. The van der Waals surface area contributed by atoms with E-state index in [4.69, 9.17) is 4.74 Å². The largest absolute Gasteiger partial charge is 0.490 e. The van der Waals surface area contributed by atoms with Crippen molar-refractivity contribution in [1.29, 1.82) is 0 Å². The summed E-state index contributed by atoms with van der Waals surface area (Å²) in [7, 11) is 2.72. The highest BCUT2D eigenvalue weighted by molar-refractivity contribution is 5.87. The highest BCUT2D eigenvalue weighted by Gasteiger charge is 2.03. The van der Waals surface area contributed by atoms with Crippen molar-refractivity contribution in [2.45, 2.75) is 19.8 Å². The van der Waals surface area contributed by atoms with Crippen molar-refractivity contribution in [3.05, 3.63) is 41.5 Å². The Hall–Kier alpha value is -2.30. The summed E-state index contributed by atoms with van der Waals surface area (Å²) < 4.78 is 14.7. The van der Waals surface area contributed by atoms with Crippen molar-refractivity contribution < 1.29 is 23.8 Å². The topological polar surface area (TPSA) is 61.8 Å². The molecule has 0 aliphatic heterocycles. The van der Waals surface area contributed by atoms with Gasteiger partial charge in [0.2, 0.25) is 0 Å². The molecular weight excluding hydrogens is 272 g/mol. The van der Waals surface area contributed by atoms with Crippen LogP contribution in [0, 0.1) is 0 Å². The van der Waals surface area contributed by atoms with E-state index in [1.165, 1.54) is 14.2 Å². The van der Waals surface area contributed by atoms with E-state index in [-0.39, 0.29) is 11.9 Å². The standard InChI is InChI=1S/C16H20O5/c1-12(16(18)20-3)10-11-21-14-7-4-13(5-8-14)6-9-15(17)19-2/h4-5,7-8,10H,6,9,11H2,1-3H3/b12-10+. The zero-order valence-corrected chi connectivity index (χ0v) is 12.5. The fourth-order valence-electron chi connectivity index (χ4n) is 1.61. The predicted molar refractivity (Wildman–Crippen MR) is 78.0 cm³/mol. The van der Waals surface area contributed by atoms with Gasteiger partial charge in [0.15, 0.2) is 0 Å². The highest BCUT2D eigenvalue weighted by Crippen LogP contribution is 2.14. The molecule has 5 heteroatoms. The quantitative estimate of drug-likeness (QED) is 0.570. The molecule has 0 spiro atoms. The zero-order valence-electron chi connectivity index (χ0n) is 12.5. The molecule has 0 radical (unpaired) electrons. The highest BCUT2D eigenvalue weighted by atomic mass is 16.5. The van der Waals surface area contributed by atoms with Gasteiger partial charge < -0.3 is 14.2 Å². The summed E-state index contributed by atoms with van der Waals surface area (Å²) in [5.74, 6) is 0.112. The van der Waals surface area contributed by atoms with Crippen molar-refractivity contribution in [2.75, 3.05) is 20.8 Å². The van der Waals surface area contributed by atoms with Crippen LogP contribution >= 0.6 is 0 Å². The van der Waals surface area contributed by atoms with Crippen LogP contribution in [0.4, 0.5) is 0 Å². The van der Waals surface area contributed by atoms with Gasteiger partial charge in [0.1, 0.15) is 12.4 Å². The number of hydrogen-bond acceptors (Lipinski definition) is 5. The number of rotatable bonds is 7. The first-order valence-corrected chi connectivity index (χ1v) is 6.60. The SMILES string of the molecule is COC(=O)CCc1ccc(OC/C=C(\C)C(=O)OC)cc1. The summed E-state index contributed by atoms with van der Waals surface area (Å²) in [4.78, 5) is 22.2. The van der Waals surface area contributed by atoms with E-state index in [0.29, 0.717) is 30.8 Å². The first-order valence-electron chi connectivity index (χ1n) is 6.60. The van der Waals surface area contributed by atoms with Crippen LogP contribution in [-0.4, -0.2) is 32.8 Å². The maximum Gasteiger partial charge on any atom is 0.333 e. The summed E-state index contributed by atoms with van der Waals surface area (Å²) in [5, 5.41) is 0.